The zero-order valence-corrected chi connectivity index (χ0v) is 12.9. The minimum absolute atomic E-state index is 0.103. The average molecular weight is 292 g/mol. The Morgan fingerprint density at radius 3 is 2.71 bits per heavy atom. The standard InChI is InChI=1S/C17H25FN2O/c1-3-9-17(10-4-11-19-12-17)16(21)20-13(2)14-5-7-15(18)8-6-14/h5-8,13,19H,3-4,9-12H2,1-2H3,(H,20,21)/t13-,17?/m0/s1. The smallest absolute Gasteiger partial charge is 0.227 e. The highest BCUT2D eigenvalue weighted by atomic mass is 19.1. The number of halogens is 1. The molecule has 3 nitrogen and oxygen atoms in total. The van der Waals surface area contributed by atoms with Gasteiger partial charge in [-0.25, -0.2) is 4.39 Å². The lowest BCUT2D eigenvalue weighted by molar-refractivity contribution is -0.133. The number of carbonyl (C=O) groups excluding carboxylic acids is 1. The molecule has 116 valence electrons. The number of carbonyl (C=O) groups is 1. The van der Waals surface area contributed by atoms with E-state index in [2.05, 4.69) is 17.6 Å². The molecule has 0 aliphatic carbocycles. The Morgan fingerprint density at radius 2 is 2.14 bits per heavy atom. The van der Waals surface area contributed by atoms with Crippen LogP contribution in [0, 0.1) is 11.2 Å². The second-order valence-electron chi connectivity index (χ2n) is 6.06. The van der Waals surface area contributed by atoms with Gasteiger partial charge in [0.1, 0.15) is 5.82 Å². The zero-order chi connectivity index (χ0) is 15.3. The largest absolute Gasteiger partial charge is 0.349 e. The number of benzene rings is 1. The molecule has 0 spiro atoms. The molecule has 1 amide bonds. The molecule has 1 aromatic rings. The van der Waals surface area contributed by atoms with Crippen LogP contribution in [-0.4, -0.2) is 19.0 Å². The van der Waals surface area contributed by atoms with Crippen LogP contribution in [0.25, 0.3) is 0 Å². The van der Waals surface area contributed by atoms with Gasteiger partial charge in [-0.1, -0.05) is 25.5 Å². The van der Waals surface area contributed by atoms with Crippen molar-refractivity contribution < 1.29 is 9.18 Å². The van der Waals surface area contributed by atoms with Crippen molar-refractivity contribution in [2.75, 3.05) is 13.1 Å². The molecule has 1 aliphatic rings. The summed E-state index contributed by atoms with van der Waals surface area (Å²) in [5, 5.41) is 6.46. The van der Waals surface area contributed by atoms with E-state index in [1.54, 1.807) is 12.1 Å². The van der Waals surface area contributed by atoms with Gasteiger partial charge in [0.2, 0.25) is 5.91 Å². The van der Waals surface area contributed by atoms with E-state index < -0.39 is 0 Å². The van der Waals surface area contributed by atoms with Gasteiger partial charge in [0, 0.05) is 6.54 Å². The number of hydrogen-bond acceptors (Lipinski definition) is 2. The summed E-state index contributed by atoms with van der Waals surface area (Å²) in [7, 11) is 0. The third-order valence-electron chi connectivity index (χ3n) is 4.40. The molecule has 2 N–H and O–H groups in total. The summed E-state index contributed by atoms with van der Waals surface area (Å²) in [4.78, 5) is 12.7. The fourth-order valence-corrected chi connectivity index (χ4v) is 3.15. The van der Waals surface area contributed by atoms with Gasteiger partial charge in [0.05, 0.1) is 11.5 Å². The molecular weight excluding hydrogens is 267 g/mol. The monoisotopic (exact) mass is 292 g/mol. The van der Waals surface area contributed by atoms with E-state index in [0.29, 0.717) is 0 Å². The van der Waals surface area contributed by atoms with Crippen molar-refractivity contribution >= 4 is 5.91 Å². The maximum atomic E-state index is 13.0. The molecule has 1 saturated heterocycles. The first kappa shape index (κ1) is 16.0. The van der Waals surface area contributed by atoms with Crippen molar-refractivity contribution in [1.29, 1.82) is 0 Å². The molecule has 1 unspecified atom stereocenters. The third-order valence-corrected chi connectivity index (χ3v) is 4.40. The summed E-state index contributed by atoms with van der Waals surface area (Å²) in [5.74, 6) is -0.135. The van der Waals surface area contributed by atoms with E-state index in [1.807, 2.05) is 6.92 Å². The number of rotatable bonds is 5. The Labute approximate surface area is 126 Å². The third kappa shape index (κ3) is 3.82. The van der Waals surface area contributed by atoms with Gasteiger partial charge in [0.25, 0.3) is 0 Å². The fourth-order valence-electron chi connectivity index (χ4n) is 3.15. The van der Waals surface area contributed by atoms with Crippen molar-refractivity contribution in [3.63, 3.8) is 0 Å². The minimum atomic E-state index is -0.290. The predicted molar refractivity (Wildman–Crippen MR) is 82.4 cm³/mol. The lowest BCUT2D eigenvalue weighted by Crippen LogP contribution is -2.50. The van der Waals surface area contributed by atoms with Crippen LogP contribution in [0.1, 0.15) is 51.1 Å². The molecule has 1 aliphatic heterocycles. The summed E-state index contributed by atoms with van der Waals surface area (Å²) >= 11 is 0. The van der Waals surface area contributed by atoms with E-state index in [0.717, 1.165) is 44.3 Å². The van der Waals surface area contributed by atoms with Crippen LogP contribution < -0.4 is 10.6 Å². The highest BCUT2D eigenvalue weighted by molar-refractivity contribution is 5.83. The van der Waals surface area contributed by atoms with Crippen molar-refractivity contribution in [3.05, 3.63) is 35.6 Å². The van der Waals surface area contributed by atoms with Gasteiger partial charge >= 0.3 is 0 Å². The molecule has 0 aromatic heterocycles. The van der Waals surface area contributed by atoms with Crippen molar-refractivity contribution in [2.24, 2.45) is 5.41 Å². The van der Waals surface area contributed by atoms with E-state index in [4.69, 9.17) is 0 Å². The van der Waals surface area contributed by atoms with Crippen LogP contribution in [-0.2, 0) is 4.79 Å². The molecule has 2 atom stereocenters. The van der Waals surface area contributed by atoms with E-state index in [1.165, 1.54) is 12.1 Å². The van der Waals surface area contributed by atoms with Crippen molar-refractivity contribution in [3.8, 4) is 0 Å². The second kappa shape index (κ2) is 7.03. The zero-order valence-electron chi connectivity index (χ0n) is 12.9. The molecule has 0 bridgehead atoms. The first-order valence-electron chi connectivity index (χ1n) is 7.84. The maximum absolute atomic E-state index is 13.0. The van der Waals surface area contributed by atoms with Gasteiger partial charge < -0.3 is 10.6 Å². The molecule has 4 heteroatoms. The highest BCUT2D eigenvalue weighted by Crippen LogP contribution is 2.32. The van der Waals surface area contributed by atoms with Gasteiger partial charge in [0.15, 0.2) is 0 Å². The lowest BCUT2D eigenvalue weighted by atomic mass is 9.76. The highest BCUT2D eigenvalue weighted by Gasteiger charge is 2.39. The molecule has 1 heterocycles. The fraction of sp³-hybridized carbons (Fsp3) is 0.588. The first-order chi connectivity index (χ1) is 10.1. The SMILES string of the molecule is CCCC1(C(=O)N[C@@H](C)c2ccc(F)cc2)CCCNC1. The second-order valence-corrected chi connectivity index (χ2v) is 6.06. The summed E-state index contributed by atoms with van der Waals surface area (Å²) in [6, 6.07) is 6.22. The number of nitrogens with one attached hydrogen (secondary N) is 2. The minimum Gasteiger partial charge on any atom is -0.349 e. The van der Waals surface area contributed by atoms with E-state index in [9.17, 15) is 9.18 Å². The van der Waals surface area contributed by atoms with Crippen LogP contribution in [0.5, 0.6) is 0 Å². The van der Waals surface area contributed by atoms with Crippen LogP contribution in [0.15, 0.2) is 24.3 Å². The quantitative estimate of drug-likeness (QED) is 0.875. The molecule has 0 saturated carbocycles. The summed E-state index contributed by atoms with van der Waals surface area (Å²) < 4.78 is 13.0. The van der Waals surface area contributed by atoms with Crippen LogP contribution in [0.2, 0.25) is 0 Å². The molecular formula is C17H25FN2O. The summed E-state index contributed by atoms with van der Waals surface area (Å²) in [6.07, 6.45) is 3.89. The molecule has 21 heavy (non-hydrogen) atoms. The Kier molecular flexibility index (Phi) is 5.34. The summed E-state index contributed by atoms with van der Waals surface area (Å²) in [5.41, 5.74) is 0.640. The topological polar surface area (TPSA) is 41.1 Å². The number of hydrogen-bond donors (Lipinski definition) is 2. The maximum Gasteiger partial charge on any atom is 0.227 e. The molecule has 2 rings (SSSR count). The van der Waals surface area contributed by atoms with Gasteiger partial charge in [-0.3, -0.25) is 4.79 Å². The number of amides is 1. The Bertz CT molecular complexity index is 461. The molecule has 0 radical (unpaired) electrons. The summed E-state index contributed by atoms with van der Waals surface area (Å²) in [6.45, 7) is 5.81. The normalized spacial score (nSPS) is 23.6. The molecule has 1 aromatic carbocycles. The first-order valence-corrected chi connectivity index (χ1v) is 7.84. The number of piperidine rings is 1. The van der Waals surface area contributed by atoms with E-state index >= 15 is 0 Å². The van der Waals surface area contributed by atoms with Crippen molar-refractivity contribution in [1.82, 2.24) is 10.6 Å². The van der Waals surface area contributed by atoms with Gasteiger partial charge in [-0.15, -0.1) is 0 Å². The predicted octanol–water partition coefficient (Wildman–Crippen LogP) is 3.17. The lowest BCUT2D eigenvalue weighted by Gasteiger charge is -2.37. The Morgan fingerprint density at radius 1 is 1.43 bits per heavy atom. The van der Waals surface area contributed by atoms with E-state index in [-0.39, 0.29) is 23.2 Å². The Hall–Kier alpha value is -1.42. The van der Waals surface area contributed by atoms with Crippen molar-refractivity contribution in [2.45, 2.75) is 45.6 Å². The van der Waals surface area contributed by atoms with Gasteiger partial charge in [-0.05, 0) is 50.4 Å². The van der Waals surface area contributed by atoms with Crippen LogP contribution in [0.3, 0.4) is 0 Å². The Balaban J connectivity index is 2.05. The average Bonchev–Trinajstić information content (AvgIpc) is 2.49. The molecule has 1 fully saturated rings. The van der Waals surface area contributed by atoms with Crippen LogP contribution in [0.4, 0.5) is 4.39 Å². The van der Waals surface area contributed by atoms with Gasteiger partial charge in [-0.2, -0.15) is 0 Å². The van der Waals surface area contributed by atoms with Crippen LogP contribution >= 0.6 is 0 Å².